The third kappa shape index (κ3) is 7.31. The summed E-state index contributed by atoms with van der Waals surface area (Å²) in [4.78, 5) is 4.43. The van der Waals surface area contributed by atoms with Crippen LogP contribution in [0.25, 0.3) is 0 Å². The van der Waals surface area contributed by atoms with Gasteiger partial charge in [0.25, 0.3) is 0 Å². The van der Waals surface area contributed by atoms with Gasteiger partial charge in [0.15, 0.2) is 0 Å². The Morgan fingerprint density at radius 1 is 0.783 bits per heavy atom. The van der Waals surface area contributed by atoms with E-state index in [1.807, 2.05) is 26.0 Å². The lowest BCUT2D eigenvalue weighted by molar-refractivity contribution is 0.0503. The molecule has 1 fully saturated rings. The van der Waals surface area contributed by atoms with Gasteiger partial charge >= 0.3 is 0 Å². The molecule has 1 heterocycles. The summed E-state index contributed by atoms with van der Waals surface area (Å²) in [5.41, 5.74) is 2.41. The van der Waals surface area contributed by atoms with Crippen molar-refractivity contribution in [2.75, 3.05) is 45.3 Å². The largest absolute Gasteiger partial charge is 0.379 e. The Kier molecular flexibility index (Phi) is 9.76. The maximum atomic E-state index is 5.10. The molecule has 0 spiro atoms. The number of para-hydroxylation sites is 2. The standard InChI is InChI=1S/C13H13N.C5H11NO.C2H6/c1-14(12-8-4-2-5-9-12)13-10-6-3-7-11-13;1-6-2-4-7-5-3-6;1-2/h2-11H,1H3;2-5H2,1H3;1-2H3. The number of rotatable bonds is 2. The smallest absolute Gasteiger partial charge is 0.0594 e. The zero-order valence-corrected chi connectivity index (χ0v) is 14.9. The molecule has 0 atom stereocenters. The van der Waals surface area contributed by atoms with Crippen LogP contribution >= 0.6 is 0 Å². The maximum Gasteiger partial charge on any atom is 0.0594 e. The summed E-state index contributed by atoms with van der Waals surface area (Å²) in [6.07, 6.45) is 0. The zero-order valence-electron chi connectivity index (χ0n) is 14.9. The first-order valence-electron chi connectivity index (χ1n) is 8.37. The summed E-state index contributed by atoms with van der Waals surface area (Å²) < 4.78 is 5.10. The van der Waals surface area contributed by atoms with Crippen LogP contribution < -0.4 is 4.90 Å². The average Bonchev–Trinajstić information content (AvgIpc) is 2.65. The molecule has 3 heteroatoms. The van der Waals surface area contributed by atoms with Gasteiger partial charge in [0.2, 0.25) is 0 Å². The molecule has 23 heavy (non-hydrogen) atoms. The second-order valence-electron chi connectivity index (χ2n) is 5.15. The quantitative estimate of drug-likeness (QED) is 0.815. The Balaban J connectivity index is 0.000000247. The molecule has 2 aromatic rings. The number of morpholine rings is 1. The number of benzene rings is 2. The van der Waals surface area contributed by atoms with Crippen molar-refractivity contribution in [2.45, 2.75) is 13.8 Å². The second-order valence-corrected chi connectivity index (χ2v) is 5.15. The Bertz CT molecular complexity index is 456. The normalized spacial score (nSPS) is 13.9. The monoisotopic (exact) mass is 314 g/mol. The predicted octanol–water partition coefficient (Wildman–Crippen LogP) is 4.43. The summed E-state index contributed by atoms with van der Waals surface area (Å²) >= 11 is 0. The van der Waals surface area contributed by atoms with E-state index < -0.39 is 0 Å². The van der Waals surface area contributed by atoms with Crippen molar-refractivity contribution in [1.82, 2.24) is 4.90 Å². The second kappa shape index (κ2) is 11.7. The van der Waals surface area contributed by atoms with E-state index in [1.165, 1.54) is 11.4 Å². The molecular weight excluding hydrogens is 284 g/mol. The lowest BCUT2D eigenvalue weighted by Gasteiger charge is -2.21. The highest BCUT2D eigenvalue weighted by molar-refractivity contribution is 5.61. The number of ether oxygens (including phenoxy) is 1. The van der Waals surface area contributed by atoms with Gasteiger partial charge in [0, 0.05) is 31.5 Å². The van der Waals surface area contributed by atoms with E-state index in [4.69, 9.17) is 4.74 Å². The molecule has 0 saturated carbocycles. The van der Waals surface area contributed by atoms with E-state index in [9.17, 15) is 0 Å². The molecule has 1 aliphatic heterocycles. The number of anilines is 2. The highest BCUT2D eigenvalue weighted by Crippen LogP contribution is 2.21. The minimum Gasteiger partial charge on any atom is -0.379 e. The lowest BCUT2D eigenvalue weighted by atomic mass is 10.2. The molecule has 0 aromatic heterocycles. The van der Waals surface area contributed by atoms with Crippen LogP contribution in [0.2, 0.25) is 0 Å². The molecular formula is C20H30N2O. The number of hydrogen-bond acceptors (Lipinski definition) is 3. The first-order chi connectivity index (χ1) is 11.3. The van der Waals surface area contributed by atoms with Crippen molar-refractivity contribution in [3.05, 3.63) is 60.7 Å². The molecule has 0 aliphatic carbocycles. The zero-order chi connectivity index (χ0) is 16.9. The summed E-state index contributed by atoms with van der Waals surface area (Å²) in [5.74, 6) is 0. The van der Waals surface area contributed by atoms with Crippen LogP contribution in [-0.2, 0) is 4.74 Å². The van der Waals surface area contributed by atoms with Crippen LogP contribution in [0.4, 0.5) is 11.4 Å². The van der Waals surface area contributed by atoms with Crippen LogP contribution in [0.15, 0.2) is 60.7 Å². The van der Waals surface area contributed by atoms with Gasteiger partial charge < -0.3 is 14.5 Å². The Hall–Kier alpha value is -1.84. The van der Waals surface area contributed by atoms with Crippen LogP contribution in [0.1, 0.15) is 13.8 Å². The van der Waals surface area contributed by atoms with Gasteiger partial charge in [0.05, 0.1) is 13.2 Å². The third-order valence-electron chi connectivity index (χ3n) is 3.52. The fraction of sp³-hybridized carbons (Fsp3) is 0.400. The van der Waals surface area contributed by atoms with E-state index in [0.717, 1.165) is 26.3 Å². The van der Waals surface area contributed by atoms with Crippen LogP contribution in [-0.4, -0.2) is 45.3 Å². The molecule has 1 saturated heterocycles. The predicted molar refractivity (Wildman–Crippen MR) is 101 cm³/mol. The molecule has 126 valence electrons. The van der Waals surface area contributed by atoms with Gasteiger partial charge in [-0.2, -0.15) is 0 Å². The fourth-order valence-corrected chi connectivity index (χ4v) is 2.11. The van der Waals surface area contributed by atoms with Gasteiger partial charge in [-0.1, -0.05) is 50.2 Å². The van der Waals surface area contributed by atoms with Gasteiger partial charge in [-0.25, -0.2) is 0 Å². The molecule has 0 N–H and O–H groups in total. The molecule has 0 amide bonds. The Labute approximate surface area is 141 Å². The summed E-state index contributed by atoms with van der Waals surface area (Å²) in [6, 6.07) is 20.7. The number of nitrogens with zero attached hydrogens (tertiary/aromatic N) is 2. The van der Waals surface area contributed by atoms with Gasteiger partial charge in [-0.3, -0.25) is 0 Å². The Morgan fingerprint density at radius 3 is 1.48 bits per heavy atom. The molecule has 1 aliphatic rings. The minimum atomic E-state index is 0.913. The average molecular weight is 314 g/mol. The first-order valence-corrected chi connectivity index (χ1v) is 8.37. The first kappa shape index (κ1) is 19.2. The van der Waals surface area contributed by atoms with E-state index in [2.05, 4.69) is 72.4 Å². The summed E-state index contributed by atoms with van der Waals surface area (Å²) in [6.45, 7) is 8.02. The van der Waals surface area contributed by atoms with Gasteiger partial charge in [-0.15, -0.1) is 0 Å². The lowest BCUT2D eigenvalue weighted by Crippen LogP contribution is -2.32. The van der Waals surface area contributed by atoms with E-state index in [0.29, 0.717) is 0 Å². The topological polar surface area (TPSA) is 15.7 Å². The van der Waals surface area contributed by atoms with E-state index >= 15 is 0 Å². The Morgan fingerprint density at radius 2 is 1.17 bits per heavy atom. The molecule has 0 unspecified atom stereocenters. The molecule has 3 nitrogen and oxygen atoms in total. The van der Waals surface area contributed by atoms with Crippen LogP contribution in [0, 0.1) is 0 Å². The maximum absolute atomic E-state index is 5.10. The third-order valence-corrected chi connectivity index (χ3v) is 3.52. The highest BCUT2D eigenvalue weighted by Gasteiger charge is 2.02. The van der Waals surface area contributed by atoms with Crippen molar-refractivity contribution in [2.24, 2.45) is 0 Å². The van der Waals surface area contributed by atoms with Crippen molar-refractivity contribution < 1.29 is 4.74 Å². The minimum absolute atomic E-state index is 0.913. The highest BCUT2D eigenvalue weighted by atomic mass is 16.5. The van der Waals surface area contributed by atoms with Gasteiger partial charge in [0.1, 0.15) is 0 Å². The van der Waals surface area contributed by atoms with Crippen molar-refractivity contribution >= 4 is 11.4 Å². The van der Waals surface area contributed by atoms with Gasteiger partial charge in [-0.05, 0) is 31.3 Å². The molecule has 0 radical (unpaired) electrons. The van der Waals surface area contributed by atoms with Crippen LogP contribution in [0.3, 0.4) is 0 Å². The van der Waals surface area contributed by atoms with E-state index in [-0.39, 0.29) is 0 Å². The number of likely N-dealkylation sites (N-methyl/N-ethyl adjacent to an activating group) is 1. The van der Waals surface area contributed by atoms with Crippen LogP contribution in [0.5, 0.6) is 0 Å². The van der Waals surface area contributed by atoms with Crippen molar-refractivity contribution in [3.63, 3.8) is 0 Å². The molecule has 3 rings (SSSR count). The SMILES string of the molecule is CC.CN(c1ccccc1)c1ccccc1.CN1CCOCC1. The fourth-order valence-electron chi connectivity index (χ4n) is 2.11. The molecule has 0 bridgehead atoms. The summed E-state index contributed by atoms with van der Waals surface area (Å²) in [7, 11) is 4.19. The van der Waals surface area contributed by atoms with Crippen molar-refractivity contribution in [1.29, 1.82) is 0 Å². The summed E-state index contributed by atoms with van der Waals surface area (Å²) in [5, 5.41) is 0. The number of hydrogen-bond donors (Lipinski definition) is 0. The van der Waals surface area contributed by atoms with E-state index in [1.54, 1.807) is 0 Å². The van der Waals surface area contributed by atoms with Crippen molar-refractivity contribution in [3.8, 4) is 0 Å². The molecule has 2 aromatic carbocycles.